The highest BCUT2D eigenvalue weighted by molar-refractivity contribution is 7.98. The number of carbonyl (C=O) groups is 1. The Balaban J connectivity index is 2.37. The van der Waals surface area contributed by atoms with Crippen LogP contribution in [-0.2, 0) is 25.7 Å². The van der Waals surface area contributed by atoms with Gasteiger partial charge in [-0.1, -0.05) is 0 Å². The molecule has 0 bridgehead atoms. The summed E-state index contributed by atoms with van der Waals surface area (Å²) in [6.45, 7) is -0.869. The van der Waals surface area contributed by atoms with Crippen molar-refractivity contribution in [2.75, 3.05) is 24.3 Å². The first-order valence-corrected chi connectivity index (χ1v) is 11.9. The second-order valence-electron chi connectivity index (χ2n) is 6.89. The van der Waals surface area contributed by atoms with Crippen molar-refractivity contribution in [3.05, 3.63) is 12.7 Å². The van der Waals surface area contributed by atoms with Gasteiger partial charge in [0, 0.05) is 0 Å². The minimum Gasteiger partial charge on any atom is -0.480 e. The molecule has 1 aliphatic rings. The van der Waals surface area contributed by atoms with Crippen molar-refractivity contribution in [2.24, 2.45) is 0 Å². The number of anilines is 1. The molecule has 0 radical (unpaired) electrons. The first-order valence-electron chi connectivity index (χ1n) is 9.08. The Bertz CT molecular complexity index is 1100. The Morgan fingerprint density at radius 3 is 2.62 bits per heavy atom. The lowest BCUT2D eigenvalue weighted by molar-refractivity contribution is -0.225. The first kappa shape index (κ1) is 24.5. The summed E-state index contributed by atoms with van der Waals surface area (Å²) in [5, 5.41) is 40.8. The van der Waals surface area contributed by atoms with E-state index in [1.54, 1.807) is 6.26 Å². The van der Waals surface area contributed by atoms with Gasteiger partial charge in [0.05, 0.1) is 6.61 Å². The molecular weight excluding hydrogens is 472 g/mol. The Labute approximate surface area is 185 Å². The number of thioether (sulfide) groups is 1. The molecule has 15 nitrogen and oxygen atoms in total. The largest absolute Gasteiger partial charge is 0.480 e. The summed E-state index contributed by atoms with van der Waals surface area (Å²) in [5.74, 6) is -4.42. The minimum absolute atomic E-state index is 0.0293. The van der Waals surface area contributed by atoms with Gasteiger partial charge in [-0.25, -0.2) is 15.0 Å². The smallest absolute Gasteiger partial charge is 0.340 e. The van der Waals surface area contributed by atoms with E-state index in [-0.39, 0.29) is 33.5 Å². The molecule has 0 spiro atoms. The number of imidazole rings is 1. The molecule has 1 fully saturated rings. The van der Waals surface area contributed by atoms with E-state index in [2.05, 4.69) is 15.0 Å². The third kappa shape index (κ3) is 3.90. The number of nitrogen functional groups attached to an aromatic ring is 1. The van der Waals surface area contributed by atoms with Gasteiger partial charge in [-0.2, -0.15) is 20.2 Å². The summed E-state index contributed by atoms with van der Waals surface area (Å²) >= 11 is 1.21. The van der Waals surface area contributed by atoms with E-state index in [1.165, 1.54) is 11.8 Å². The highest BCUT2D eigenvalue weighted by Gasteiger charge is 2.65. The molecule has 3 heterocycles. The lowest BCUT2D eigenvalue weighted by Gasteiger charge is -2.43. The number of carboxylic acids is 1. The van der Waals surface area contributed by atoms with Gasteiger partial charge in [0.1, 0.15) is 42.5 Å². The third-order valence-electron chi connectivity index (χ3n) is 5.03. The number of ether oxygens (including phenoxy) is 1. The number of aliphatic hydroxyl groups excluding tert-OH is 3. The molecule has 5 atom stereocenters. The zero-order valence-corrected chi connectivity index (χ0v) is 18.2. The maximum absolute atomic E-state index is 12.6. The molecule has 0 aliphatic carbocycles. The number of carboxylic acid groups (broad SMARTS) is 1. The Morgan fingerprint density at radius 2 is 2.09 bits per heavy atom. The van der Waals surface area contributed by atoms with Crippen LogP contribution in [0.25, 0.3) is 11.2 Å². The summed E-state index contributed by atoms with van der Waals surface area (Å²) in [5.41, 5.74) is 5.53. The normalized spacial score (nSPS) is 27.2. The number of hydrogen-bond acceptors (Lipinski definition) is 12. The second kappa shape index (κ2) is 9.02. The van der Waals surface area contributed by atoms with Crippen LogP contribution in [0.5, 0.6) is 0 Å². The van der Waals surface area contributed by atoms with Crippen LogP contribution in [0.3, 0.4) is 0 Å². The molecule has 2 aromatic rings. The Hall–Kier alpha value is -2.12. The van der Waals surface area contributed by atoms with Gasteiger partial charge in [0.25, 0.3) is 5.85 Å². The standard InChI is InChI=1S/C15H22N6O9S2/c1-31-3-2-7(14(25)26)21(32(27,28)29)15(11(24)10(23)8(4-22)30-15)20-6-19-9-12(16)17-5-18-13(9)20/h5-8,10-11,22-24H,2-4H2,1H3,(H,25,26)(H2,16,17,18)(H,27,28,29)/t7-,8+,10+,11+,15+/m0/s1. The van der Waals surface area contributed by atoms with Crippen molar-refractivity contribution >= 4 is 45.0 Å². The number of hydrogen-bond donors (Lipinski definition) is 6. The quantitative estimate of drug-likeness (QED) is 0.197. The fourth-order valence-electron chi connectivity index (χ4n) is 3.63. The number of aliphatic carboxylic acids is 1. The highest BCUT2D eigenvalue weighted by Crippen LogP contribution is 2.43. The first-order chi connectivity index (χ1) is 15.0. The summed E-state index contributed by atoms with van der Waals surface area (Å²) in [7, 11) is -5.43. The predicted octanol–water partition coefficient (Wildman–Crippen LogP) is -2.56. The number of fused-ring (bicyclic) bond motifs is 1. The Morgan fingerprint density at radius 1 is 1.41 bits per heavy atom. The zero-order chi connectivity index (χ0) is 23.8. The van der Waals surface area contributed by atoms with Crippen molar-refractivity contribution in [3.8, 4) is 0 Å². The third-order valence-corrected chi connectivity index (χ3v) is 6.69. The highest BCUT2D eigenvalue weighted by atomic mass is 32.2. The summed E-state index contributed by atoms with van der Waals surface area (Å²) in [4.78, 5) is 23.7. The summed E-state index contributed by atoms with van der Waals surface area (Å²) in [6, 6.07) is -1.95. The molecular formula is C15H22N6O9S2. The van der Waals surface area contributed by atoms with Crippen LogP contribution in [0.4, 0.5) is 5.82 Å². The van der Waals surface area contributed by atoms with Crippen LogP contribution in [0.2, 0.25) is 0 Å². The van der Waals surface area contributed by atoms with Gasteiger partial charge < -0.3 is 30.9 Å². The van der Waals surface area contributed by atoms with Crippen LogP contribution in [0.1, 0.15) is 6.42 Å². The fraction of sp³-hybridized carbons (Fsp3) is 0.600. The molecule has 1 saturated heterocycles. The van der Waals surface area contributed by atoms with Crippen molar-refractivity contribution in [3.63, 3.8) is 0 Å². The van der Waals surface area contributed by atoms with Gasteiger partial charge in [-0.3, -0.25) is 13.9 Å². The van der Waals surface area contributed by atoms with Crippen molar-refractivity contribution in [1.82, 2.24) is 23.8 Å². The van der Waals surface area contributed by atoms with Crippen molar-refractivity contribution in [1.29, 1.82) is 0 Å². The van der Waals surface area contributed by atoms with Crippen LogP contribution >= 0.6 is 11.8 Å². The van der Waals surface area contributed by atoms with E-state index < -0.39 is 53.1 Å². The molecule has 0 aromatic carbocycles. The maximum Gasteiger partial charge on any atom is 0.340 e. The molecule has 7 N–H and O–H groups in total. The molecule has 178 valence electrons. The molecule has 1 aliphatic heterocycles. The van der Waals surface area contributed by atoms with Crippen LogP contribution in [-0.4, -0.2) is 106 Å². The predicted molar refractivity (Wildman–Crippen MR) is 109 cm³/mol. The topological polar surface area (TPSA) is 234 Å². The van der Waals surface area contributed by atoms with E-state index >= 15 is 0 Å². The maximum atomic E-state index is 12.6. The van der Waals surface area contributed by atoms with Crippen LogP contribution in [0.15, 0.2) is 12.7 Å². The second-order valence-corrected chi connectivity index (χ2v) is 9.16. The van der Waals surface area contributed by atoms with E-state index in [0.717, 1.165) is 17.2 Å². The number of nitrogens with two attached hydrogens (primary N) is 1. The summed E-state index contributed by atoms with van der Waals surface area (Å²) < 4.78 is 41.7. The van der Waals surface area contributed by atoms with Gasteiger partial charge in [-0.05, 0) is 18.4 Å². The molecule has 0 amide bonds. The Kier molecular flexibility index (Phi) is 6.91. The minimum atomic E-state index is -5.43. The molecule has 0 saturated carbocycles. The van der Waals surface area contributed by atoms with E-state index in [4.69, 9.17) is 10.5 Å². The van der Waals surface area contributed by atoms with Crippen LogP contribution < -0.4 is 5.73 Å². The van der Waals surface area contributed by atoms with E-state index in [0.29, 0.717) is 0 Å². The van der Waals surface area contributed by atoms with Gasteiger partial charge in [-0.15, -0.1) is 4.31 Å². The number of aromatic nitrogens is 4. The van der Waals surface area contributed by atoms with E-state index in [1.807, 2.05) is 0 Å². The fourth-order valence-corrected chi connectivity index (χ4v) is 5.17. The number of nitrogens with zero attached hydrogens (tertiary/aromatic N) is 5. The molecule has 32 heavy (non-hydrogen) atoms. The SMILES string of the molecule is CSCC[C@@H](C(=O)O)N([C@@]1(n2cnc3c(N)ncnc32)O[C@H](CO)[C@@H](O)[C@H]1O)S(=O)(=O)O. The average molecular weight is 495 g/mol. The van der Waals surface area contributed by atoms with E-state index in [9.17, 15) is 38.2 Å². The number of rotatable bonds is 9. The number of aliphatic hydroxyl groups is 3. The molecule has 2 aromatic heterocycles. The molecule has 17 heteroatoms. The lowest BCUT2D eigenvalue weighted by Crippen LogP contribution is -2.64. The van der Waals surface area contributed by atoms with Gasteiger partial charge in [0.2, 0.25) is 0 Å². The summed E-state index contributed by atoms with van der Waals surface area (Å²) in [6.07, 6.45) is -2.33. The van der Waals surface area contributed by atoms with Crippen LogP contribution in [0, 0.1) is 0 Å². The molecule has 0 unspecified atom stereocenters. The van der Waals surface area contributed by atoms with Gasteiger partial charge in [0.15, 0.2) is 11.5 Å². The van der Waals surface area contributed by atoms with Gasteiger partial charge >= 0.3 is 16.3 Å². The molecule has 3 rings (SSSR count). The zero-order valence-electron chi connectivity index (χ0n) is 16.6. The monoisotopic (exact) mass is 494 g/mol. The van der Waals surface area contributed by atoms with Crippen molar-refractivity contribution in [2.45, 2.75) is 36.6 Å². The van der Waals surface area contributed by atoms with Crippen molar-refractivity contribution < 1.29 is 42.9 Å². The average Bonchev–Trinajstić information content (AvgIpc) is 3.26. The lowest BCUT2D eigenvalue weighted by atomic mass is 10.1.